The van der Waals surface area contributed by atoms with Gasteiger partial charge in [0, 0.05) is 0 Å². The van der Waals surface area contributed by atoms with Gasteiger partial charge in [0.15, 0.2) is 0 Å². The van der Waals surface area contributed by atoms with Gasteiger partial charge in [-0.2, -0.15) is 0 Å². The molecule has 4 atom stereocenters. The summed E-state index contributed by atoms with van der Waals surface area (Å²) in [7, 11) is 0. The number of hydrogen-bond acceptors (Lipinski definition) is 1. The first-order valence-electron chi connectivity index (χ1n) is 6.38. The molecule has 2 fully saturated rings. The second-order valence-electron chi connectivity index (χ2n) is 5.97. The van der Waals surface area contributed by atoms with Gasteiger partial charge in [-0.15, -0.1) is 0 Å². The number of rotatable bonds is 1. The summed E-state index contributed by atoms with van der Waals surface area (Å²) in [5, 5.41) is 10.4. The van der Waals surface area contributed by atoms with Crippen LogP contribution in [-0.2, 0) is 0 Å². The SMILES string of the molecule is C=C(C)[C@@H]1CC[C@H]2CCC[C@](C)(O)[C@H]2C1. The van der Waals surface area contributed by atoms with Crippen LogP contribution in [0.2, 0.25) is 0 Å². The zero-order chi connectivity index (χ0) is 11.1. The average molecular weight is 208 g/mol. The van der Waals surface area contributed by atoms with Crippen LogP contribution in [0.1, 0.15) is 52.4 Å². The fourth-order valence-electron chi connectivity index (χ4n) is 3.70. The molecule has 0 aromatic heterocycles. The Morgan fingerprint density at radius 3 is 2.73 bits per heavy atom. The topological polar surface area (TPSA) is 20.2 Å². The minimum Gasteiger partial charge on any atom is -0.390 e. The fourth-order valence-corrected chi connectivity index (χ4v) is 3.70. The van der Waals surface area contributed by atoms with Crippen LogP contribution < -0.4 is 0 Å². The number of hydrogen-bond donors (Lipinski definition) is 1. The van der Waals surface area contributed by atoms with E-state index in [-0.39, 0.29) is 0 Å². The van der Waals surface area contributed by atoms with Gasteiger partial charge in [-0.1, -0.05) is 18.6 Å². The highest BCUT2D eigenvalue weighted by Gasteiger charge is 2.43. The second kappa shape index (κ2) is 3.93. The van der Waals surface area contributed by atoms with E-state index in [9.17, 15) is 5.11 Å². The van der Waals surface area contributed by atoms with Gasteiger partial charge in [0.2, 0.25) is 0 Å². The van der Waals surface area contributed by atoms with Crippen molar-refractivity contribution in [2.24, 2.45) is 17.8 Å². The first kappa shape index (κ1) is 11.2. The Morgan fingerprint density at radius 1 is 1.33 bits per heavy atom. The van der Waals surface area contributed by atoms with Crippen LogP contribution in [0, 0.1) is 17.8 Å². The Morgan fingerprint density at radius 2 is 2.07 bits per heavy atom. The van der Waals surface area contributed by atoms with Crippen LogP contribution in [0.4, 0.5) is 0 Å². The molecule has 86 valence electrons. The largest absolute Gasteiger partial charge is 0.390 e. The summed E-state index contributed by atoms with van der Waals surface area (Å²) >= 11 is 0. The third-order valence-corrected chi connectivity index (χ3v) is 4.75. The molecule has 1 nitrogen and oxygen atoms in total. The molecule has 0 bridgehead atoms. The van der Waals surface area contributed by atoms with E-state index in [4.69, 9.17) is 0 Å². The Hall–Kier alpha value is -0.300. The van der Waals surface area contributed by atoms with Crippen LogP contribution in [0.3, 0.4) is 0 Å². The summed E-state index contributed by atoms with van der Waals surface area (Å²) in [5.74, 6) is 1.97. The molecule has 2 saturated carbocycles. The zero-order valence-electron chi connectivity index (χ0n) is 10.1. The van der Waals surface area contributed by atoms with Gasteiger partial charge < -0.3 is 5.11 Å². The number of allylic oxidation sites excluding steroid dienone is 1. The molecule has 0 unspecified atom stereocenters. The molecule has 0 aromatic carbocycles. The Kier molecular flexibility index (Phi) is 2.94. The van der Waals surface area contributed by atoms with Gasteiger partial charge in [0.1, 0.15) is 0 Å². The first-order chi connectivity index (χ1) is 7.00. The molecule has 0 heterocycles. The molecule has 1 heteroatoms. The van der Waals surface area contributed by atoms with Crippen molar-refractivity contribution in [1.29, 1.82) is 0 Å². The van der Waals surface area contributed by atoms with Crippen molar-refractivity contribution in [3.8, 4) is 0 Å². The van der Waals surface area contributed by atoms with Gasteiger partial charge in [-0.25, -0.2) is 0 Å². The monoisotopic (exact) mass is 208 g/mol. The molecular weight excluding hydrogens is 184 g/mol. The van der Waals surface area contributed by atoms with E-state index in [2.05, 4.69) is 13.5 Å². The summed E-state index contributed by atoms with van der Waals surface area (Å²) in [5.41, 5.74) is 0.909. The van der Waals surface area contributed by atoms with Crippen LogP contribution in [0.15, 0.2) is 12.2 Å². The molecular formula is C14H24O. The minimum absolute atomic E-state index is 0.406. The summed E-state index contributed by atoms with van der Waals surface area (Å²) in [6.45, 7) is 8.27. The smallest absolute Gasteiger partial charge is 0.0650 e. The molecule has 15 heavy (non-hydrogen) atoms. The summed E-state index contributed by atoms with van der Waals surface area (Å²) in [6.07, 6.45) is 7.32. The van der Waals surface area contributed by atoms with Gasteiger partial charge >= 0.3 is 0 Å². The zero-order valence-corrected chi connectivity index (χ0v) is 10.1. The van der Waals surface area contributed by atoms with Gasteiger partial charge in [0.25, 0.3) is 0 Å². The van der Waals surface area contributed by atoms with E-state index in [0.29, 0.717) is 11.8 Å². The van der Waals surface area contributed by atoms with E-state index in [1.807, 2.05) is 6.92 Å². The summed E-state index contributed by atoms with van der Waals surface area (Å²) in [6, 6.07) is 0. The summed E-state index contributed by atoms with van der Waals surface area (Å²) in [4.78, 5) is 0. The lowest BCUT2D eigenvalue weighted by Gasteiger charge is -2.47. The average Bonchev–Trinajstić information content (AvgIpc) is 2.17. The van der Waals surface area contributed by atoms with Crippen molar-refractivity contribution in [2.45, 2.75) is 58.0 Å². The Bertz CT molecular complexity index is 254. The molecule has 2 rings (SSSR count). The molecule has 1 N–H and O–H groups in total. The maximum absolute atomic E-state index is 10.4. The fraction of sp³-hybridized carbons (Fsp3) is 0.857. The van der Waals surface area contributed by atoms with Crippen LogP contribution in [-0.4, -0.2) is 10.7 Å². The highest BCUT2D eigenvalue weighted by molar-refractivity contribution is 5.03. The van der Waals surface area contributed by atoms with Crippen molar-refractivity contribution >= 4 is 0 Å². The van der Waals surface area contributed by atoms with Crippen molar-refractivity contribution in [3.63, 3.8) is 0 Å². The third kappa shape index (κ3) is 2.13. The van der Waals surface area contributed by atoms with Crippen molar-refractivity contribution < 1.29 is 5.11 Å². The first-order valence-corrected chi connectivity index (χ1v) is 6.38. The van der Waals surface area contributed by atoms with Gasteiger partial charge in [0.05, 0.1) is 5.60 Å². The van der Waals surface area contributed by atoms with E-state index in [1.54, 1.807) is 0 Å². The Labute approximate surface area is 93.6 Å². The minimum atomic E-state index is -0.406. The molecule has 2 aliphatic rings. The molecule has 0 spiro atoms. The number of aliphatic hydroxyl groups is 1. The highest BCUT2D eigenvalue weighted by Crippen LogP contribution is 2.48. The van der Waals surface area contributed by atoms with Crippen molar-refractivity contribution in [2.75, 3.05) is 0 Å². The predicted octanol–water partition coefficient (Wildman–Crippen LogP) is 3.53. The lowest BCUT2D eigenvalue weighted by atomic mass is 9.60. The van der Waals surface area contributed by atoms with Crippen molar-refractivity contribution in [1.82, 2.24) is 0 Å². The normalized spacial score (nSPS) is 45.9. The molecule has 0 aliphatic heterocycles. The van der Waals surface area contributed by atoms with Gasteiger partial charge in [-0.05, 0) is 63.7 Å². The number of fused-ring (bicyclic) bond motifs is 1. The molecule has 0 aromatic rings. The third-order valence-electron chi connectivity index (χ3n) is 4.75. The van der Waals surface area contributed by atoms with Gasteiger partial charge in [-0.3, -0.25) is 0 Å². The van der Waals surface area contributed by atoms with E-state index in [0.717, 1.165) is 12.3 Å². The van der Waals surface area contributed by atoms with E-state index in [1.165, 1.54) is 37.7 Å². The molecule has 0 radical (unpaired) electrons. The van der Waals surface area contributed by atoms with E-state index >= 15 is 0 Å². The molecule has 0 amide bonds. The highest BCUT2D eigenvalue weighted by atomic mass is 16.3. The lowest BCUT2D eigenvalue weighted by Crippen LogP contribution is -2.45. The van der Waals surface area contributed by atoms with Crippen molar-refractivity contribution in [3.05, 3.63) is 12.2 Å². The van der Waals surface area contributed by atoms with Crippen LogP contribution in [0.5, 0.6) is 0 Å². The second-order valence-corrected chi connectivity index (χ2v) is 5.97. The molecule has 0 saturated heterocycles. The quantitative estimate of drug-likeness (QED) is 0.654. The van der Waals surface area contributed by atoms with Crippen LogP contribution in [0.25, 0.3) is 0 Å². The predicted molar refractivity (Wildman–Crippen MR) is 63.6 cm³/mol. The standard InChI is InChI=1S/C14H24O/c1-10(2)12-7-6-11-5-4-8-14(3,15)13(11)9-12/h11-13,15H,1,4-9H2,2-3H3/t11-,12-,13+,14+/m1/s1. The lowest BCUT2D eigenvalue weighted by molar-refractivity contribution is -0.0805. The summed E-state index contributed by atoms with van der Waals surface area (Å²) < 4.78 is 0. The van der Waals surface area contributed by atoms with E-state index < -0.39 is 5.60 Å². The Balaban J connectivity index is 2.10. The molecule has 2 aliphatic carbocycles. The maximum atomic E-state index is 10.4. The van der Waals surface area contributed by atoms with Crippen LogP contribution >= 0.6 is 0 Å². The maximum Gasteiger partial charge on any atom is 0.0650 e.